The predicted octanol–water partition coefficient (Wildman–Crippen LogP) is 2.97. The highest BCUT2D eigenvalue weighted by molar-refractivity contribution is 5.81. The van der Waals surface area contributed by atoms with E-state index in [9.17, 15) is 18.0 Å². The monoisotopic (exact) mass is 287 g/mol. The molecule has 0 aliphatic carbocycles. The number of oxazole rings is 1. The molecule has 0 atom stereocenters. The van der Waals surface area contributed by atoms with Gasteiger partial charge in [-0.15, -0.1) is 0 Å². The molecule has 0 saturated heterocycles. The van der Waals surface area contributed by atoms with E-state index >= 15 is 0 Å². The van der Waals surface area contributed by atoms with Crippen LogP contribution < -0.4 is 4.74 Å². The molecule has 1 aromatic heterocycles. The highest BCUT2D eigenvalue weighted by Crippen LogP contribution is 2.36. The van der Waals surface area contributed by atoms with Gasteiger partial charge in [0.05, 0.1) is 11.8 Å². The summed E-state index contributed by atoms with van der Waals surface area (Å²) >= 11 is 0. The number of benzene rings is 1. The topological polar surface area (TPSA) is 72.6 Å². The molecule has 0 bridgehead atoms. The zero-order valence-corrected chi connectivity index (χ0v) is 9.85. The first-order valence-electron chi connectivity index (χ1n) is 5.35. The third-order valence-corrected chi connectivity index (χ3v) is 2.30. The van der Waals surface area contributed by atoms with Gasteiger partial charge in [0.25, 0.3) is 0 Å². The molecular weight excluding hydrogens is 279 g/mol. The van der Waals surface area contributed by atoms with E-state index in [2.05, 4.69) is 4.98 Å². The Bertz CT molecular complexity index is 621. The largest absolute Gasteiger partial charge is 0.485 e. The molecule has 5 nitrogen and oxygen atoms in total. The highest BCUT2D eigenvalue weighted by Gasteiger charge is 2.34. The van der Waals surface area contributed by atoms with E-state index in [-0.39, 0.29) is 18.1 Å². The van der Waals surface area contributed by atoms with Crippen LogP contribution in [0.4, 0.5) is 13.2 Å². The number of nitrogens with zero attached hydrogens (tertiary/aromatic N) is 1. The van der Waals surface area contributed by atoms with Crippen molar-refractivity contribution >= 4 is 5.97 Å². The van der Waals surface area contributed by atoms with Crippen LogP contribution in [0, 0.1) is 0 Å². The molecule has 0 radical (unpaired) electrons. The minimum absolute atomic E-state index is 0.0133. The quantitative estimate of drug-likeness (QED) is 0.935. The SMILES string of the molecule is O=C(O)c1ncc(COc2ccccc2C(F)(F)F)o1. The minimum atomic E-state index is -4.54. The first-order chi connectivity index (χ1) is 9.38. The molecule has 1 aromatic carbocycles. The van der Waals surface area contributed by atoms with Gasteiger partial charge < -0.3 is 14.3 Å². The van der Waals surface area contributed by atoms with Gasteiger partial charge in [0, 0.05) is 0 Å². The Balaban J connectivity index is 2.13. The zero-order chi connectivity index (χ0) is 14.8. The maximum atomic E-state index is 12.7. The molecule has 0 spiro atoms. The summed E-state index contributed by atoms with van der Waals surface area (Å²) in [6, 6.07) is 4.69. The number of hydrogen-bond acceptors (Lipinski definition) is 4. The Morgan fingerprint density at radius 3 is 2.65 bits per heavy atom. The van der Waals surface area contributed by atoms with Crippen LogP contribution in [0.2, 0.25) is 0 Å². The molecule has 0 saturated carbocycles. The van der Waals surface area contributed by atoms with Gasteiger partial charge in [0.2, 0.25) is 0 Å². The van der Waals surface area contributed by atoms with Crippen LogP contribution in [0.3, 0.4) is 0 Å². The minimum Gasteiger partial charge on any atom is -0.485 e. The summed E-state index contributed by atoms with van der Waals surface area (Å²) in [5.41, 5.74) is -0.919. The van der Waals surface area contributed by atoms with Crippen LogP contribution in [-0.4, -0.2) is 16.1 Å². The molecule has 1 N–H and O–H groups in total. The van der Waals surface area contributed by atoms with Crippen molar-refractivity contribution in [3.8, 4) is 5.75 Å². The summed E-state index contributed by atoms with van der Waals surface area (Å²) in [5.74, 6) is -2.27. The van der Waals surface area contributed by atoms with Gasteiger partial charge in [-0.2, -0.15) is 13.2 Å². The third-order valence-electron chi connectivity index (χ3n) is 2.30. The van der Waals surface area contributed by atoms with E-state index < -0.39 is 23.6 Å². The lowest BCUT2D eigenvalue weighted by molar-refractivity contribution is -0.139. The molecule has 2 rings (SSSR count). The Kier molecular flexibility index (Phi) is 3.64. The van der Waals surface area contributed by atoms with Crippen LogP contribution in [0.1, 0.15) is 22.0 Å². The number of ether oxygens (including phenoxy) is 1. The van der Waals surface area contributed by atoms with Gasteiger partial charge in [0.1, 0.15) is 12.4 Å². The normalized spacial score (nSPS) is 11.3. The van der Waals surface area contributed by atoms with E-state index in [1.807, 2.05) is 0 Å². The lowest BCUT2D eigenvalue weighted by atomic mass is 10.2. The van der Waals surface area contributed by atoms with Gasteiger partial charge in [-0.05, 0) is 12.1 Å². The molecule has 106 valence electrons. The number of aromatic nitrogens is 1. The fourth-order valence-electron chi connectivity index (χ4n) is 1.45. The molecule has 0 aliphatic heterocycles. The first kappa shape index (κ1) is 13.9. The van der Waals surface area contributed by atoms with Crippen molar-refractivity contribution in [2.24, 2.45) is 0 Å². The van der Waals surface area contributed by atoms with Crippen LogP contribution in [0.15, 0.2) is 34.9 Å². The first-order valence-corrected chi connectivity index (χ1v) is 5.35. The molecule has 0 fully saturated rings. The van der Waals surface area contributed by atoms with Crippen LogP contribution in [-0.2, 0) is 12.8 Å². The molecule has 0 amide bonds. The molecule has 0 unspecified atom stereocenters. The second-order valence-electron chi connectivity index (χ2n) is 3.72. The standard InChI is InChI=1S/C12H8F3NO4/c13-12(14,15)8-3-1-2-4-9(8)19-6-7-5-16-10(20-7)11(17)18/h1-5H,6H2,(H,17,18). The van der Waals surface area contributed by atoms with Crippen LogP contribution in [0.5, 0.6) is 5.75 Å². The second kappa shape index (κ2) is 5.24. The van der Waals surface area contributed by atoms with Gasteiger partial charge in [-0.25, -0.2) is 9.78 Å². The van der Waals surface area contributed by atoms with Crippen molar-refractivity contribution in [2.75, 3.05) is 0 Å². The average Bonchev–Trinajstić information content (AvgIpc) is 2.84. The van der Waals surface area contributed by atoms with Crippen LogP contribution in [0.25, 0.3) is 0 Å². The molecule has 8 heteroatoms. The number of alkyl halides is 3. The number of aromatic carboxylic acids is 1. The van der Waals surface area contributed by atoms with Gasteiger partial charge >= 0.3 is 18.0 Å². The average molecular weight is 287 g/mol. The molecular formula is C12H8F3NO4. The summed E-state index contributed by atoms with van der Waals surface area (Å²) in [7, 11) is 0. The van der Waals surface area contributed by atoms with Gasteiger partial charge in [0.15, 0.2) is 5.76 Å². The summed E-state index contributed by atoms with van der Waals surface area (Å²) in [5, 5.41) is 8.59. The number of carboxylic acid groups (broad SMARTS) is 1. The Morgan fingerprint density at radius 2 is 2.05 bits per heavy atom. The summed E-state index contributed by atoms with van der Waals surface area (Å²) < 4.78 is 47.8. The molecule has 20 heavy (non-hydrogen) atoms. The van der Waals surface area contributed by atoms with Crippen molar-refractivity contribution < 1.29 is 32.2 Å². The van der Waals surface area contributed by atoms with Crippen LogP contribution >= 0.6 is 0 Å². The predicted molar refractivity (Wildman–Crippen MR) is 59.2 cm³/mol. The number of para-hydroxylation sites is 1. The maximum Gasteiger partial charge on any atom is 0.419 e. The Morgan fingerprint density at radius 1 is 1.35 bits per heavy atom. The van der Waals surface area contributed by atoms with Crippen molar-refractivity contribution in [3.05, 3.63) is 47.7 Å². The number of carboxylic acids is 1. The van der Waals surface area contributed by atoms with E-state index in [0.29, 0.717) is 0 Å². The summed E-state index contributed by atoms with van der Waals surface area (Å²) in [4.78, 5) is 14.0. The third kappa shape index (κ3) is 3.08. The Labute approximate surface area is 110 Å². The van der Waals surface area contributed by atoms with Gasteiger partial charge in [-0.1, -0.05) is 12.1 Å². The van der Waals surface area contributed by atoms with E-state index in [0.717, 1.165) is 18.3 Å². The molecule has 2 aromatic rings. The fraction of sp³-hybridized carbons (Fsp3) is 0.167. The van der Waals surface area contributed by atoms with Gasteiger partial charge in [-0.3, -0.25) is 0 Å². The number of hydrogen-bond donors (Lipinski definition) is 1. The van der Waals surface area contributed by atoms with E-state index in [1.54, 1.807) is 0 Å². The Hall–Kier alpha value is -2.51. The number of carbonyl (C=O) groups is 1. The van der Waals surface area contributed by atoms with Crippen molar-refractivity contribution in [1.82, 2.24) is 4.98 Å². The summed E-state index contributed by atoms with van der Waals surface area (Å²) in [6.07, 6.45) is -3.45. The van der Waals surface area contributed by atoms with Crippen molar-refractivity contribution in [3.63, 3.8) is 0 Å². The second-order valence-corrected chi connectivity index (χ2v) is 3.72. The van der Waals surface area contributed by atoms with E-state index in [1.165, 1.54) is 12.1 Å². The number of halogens is 3. The molecule has 1 heterocycles. The molecule has 0 aliphatic rings. The highest BCUT2D eigenvalue weighted by atomic mass is 19.4. The van der Waals surface area contributed by atoms with Crippen molar-refractivity contribution in [1.29, 1.82) is 0 Å². The summed E-state index contributed by atoms with van der Waals surface area (Å²) in [6.45, 7) is -0.354. The fourth-order valence-corrected chi connectivity index (χ4v) is 1.45. The van der Waals surface area contributed by atoms with Crippen molar-refractivity contribution in [2.45, 2.75) is 12.8 Å². The smallest absolute Gasteiger partial charge is 0.419 e. The number of rotatable bonds is 4. The lowest BCUT2D eigenvalue weighted by Crippen LogP contribution is -2.08. The zero-order valence-electron chi connectivity index (χ0n) is 9.85. The maximum absolute atomic E-state index is 12.7. The van der Waals surface area contributed by atoms with E-state index in [4.69, 9.17) is 14.3 Å². The lowest BCUT2D eigenvalue weighted by Gasteiger charge is -2.12.